The first-order valence-electron chi connectivity index (χ1n) is 5.93. The van der Waals surface area contributed by atoms with E-state index in [9.17, 15) is 4.79 Å². The van der Waals surface area contributed by atoms with Gasteiger partial charge in [-0.25, -0.2) is 0 Å². The van der Waals surface area contributed by atoms with Gasteiger partial charge in [-0.15, -0.1) is 0 Å². The van der Waals surface area contributed by atoms with Crippen LogP contribution in [0.1, 0.15) is 39.0 Å². The van der Waals surface area contributed by atoms with E-state index in [1.54, 1.807) is 6.92 Å². The number of esters is 1. The van der Waals surface area contributed by atoms with Crippen molar-refractivity contribution in [1.29, 1.82) is 0 Å². The Morgan fingerprint density at radius 2 is 1.93 bits per heavy atom. The number of fused-ring (bicyclic) bond motifs is 5. The maximum atomic E-state index is 11.0. The van der Waals surface area contributed by atoms with Crippen molar-refractivity contribution in [3.05, 3.63) is 0 Å². The third-order valence-corrected chi connectivity index (χ3v) is 4.69. The Balaban J connectivity index is 1.75. The van der Waals surface area contributed by atoms with Crippen molar-refractivity contribution in [1.82, 2.24) is 0 Å². The minimum Gasteiger partial charge on any atom is -0.462 e. The number of hydrogen-bond acceptors (Lipinski definition) is 2. The molecule has 0 radical (unpaired) electrons. The van der Waals surface area contributed by atoms with Crippen LogP contribution in [-0.4, -0.2) is 12.1 Å². The van der Waals surface area contributed by atoms with Crippen LogP contribution in [0.25, 0.3) is 0 Å². The lowest BCUT2D eigenvalue weighted by molar-refractivity contribution is -0.149. The summed E-state index contributed by atoms with van der Waals surface area (Å²) in [5.74, 6) is 3.41. The fraction of sp³-hybridized carbons (Fsp3) is 0.917. The lowest BCUT2D eigenvalue weighted by Gasteiger charge is -2.28. The molecule has 3 saturated carbocycles. The molecule has 0 saturated heterocycles. The Labute approximate surface area is 85.0 Å². The van der Waals surface area contributed by atoms with Crippen molar-refractivity contribution in [3.63, 3.8) is 0 Å². The molecule has 0 aromatic carbocycles. The third-order valence-electron chi connectivity index (χ3n) is 4.69. The van der Waals surface area contributed by atoms with Gasteiger partial charge in [0, 0.05) is 12.8 Å². The molecule has 2 nitrogen and oxygen atoms in total. The molecule has 3 aliphatic carbocycles. The smallest absolute Gasteiger partial charge is 0.302 e. The summed E-state index contributed by atoms with van der Waals surface area (Å²) in [7, 11) is 0. The van der Waals surface area contributed by atoms with E-state index in [2.05, 4.69) is 0 Å². The molecule has 0 amide bonds. The van der Waals surface area contributed by atoms with Crippen LogP contribution < -0.4 is 0 Å². The topological polar surface area (TPSA) is 26.3 Å². The maximum Gasteiger partial charge on any atom is 0.302 e. The highest BCUT2D eigenvalue weighted by Crippen LogP contribution is 2.59. The Morgan fingerprint density at radius 3 is 2.71 bits per heavy atom. The first kappa shape index (κ1) is 8.75. The highest BCUT2D eigenvalue weighted by atomic mass is 16.5. The second-order valence-electron chi connectivity index (χ2n) is 5.30. The molecular weight excluding hydrogens is 176 g/mol. The van der Waals surface area contributed by atoms with E-state index in [4.69, 9.17) is 4.74 Å². The average Bonchev–Trinajstić information content (AvgIpc) is 2.74. The van der Waals surface area contributed by atoms with Gasteiger partial charge >= 0.3 is 5.97 Å². The first-order valence-corrected chi connectivity index (χ1v) is 5.93. The van der Waals surface area contributed by atoms with E-state index in [1.807, 2.05) is 0 Å². The minimum atomic E-state index is -0.0848. The van der Waals surface area contributed by atoms with Gasteiger partial charge in [0.05, 0.1) is 0 Å². The highest BCUT2D eigenvalue weighted by molar-refractivity contribution is 5.66. The van der Waals surface area contributed by atoms with Crippen molar-refractivity contribution < 1.29 is 9.53 Å². The lowest BCUT2D eigenvalue weighted by atomic mass is 9.81. The second kappa shape index (κ2) is 2.98. The monoisotopic (exact) mass is 194 g/mol. The summed E-state index contributed by atoms with van der Waals surface area (Å²) in [6.45, 7) is 1.54. The molecule has 0 spiro atoms. The molecule has 0 N–H and O–H groups in total. The van der Waals surface area contributed by atoms with Crippen LogP contribution in [-0.2, 0) is 9.53 Å². The molecule has 2 heteroatoms. The van der Waals surface area contributed by atoms with Gasteiger partial charge in [-0.1, -0.05) is 0 Å². The molecular formula is C12H18O2. The van der Waals surface area contributed by atoms with Crippen LogP contribution in [0.5, 0.6) is 0 Å². The fourth-order valence-electron chi connectivity index (χ4n) is 4.36. The fourth-order valence-corrected chi connectivity index (χ4v) is 4.36. The van der Waals surface area contributed by atoms with Crippen LogP contribution >= 0.6 is 0 Å². The van der Waals surface area contributed by atoms with Gasteiger partial charge < -0.3 is 4.74 Å². The number of carbonyl (C=O) groups is 1. The Hall–Kier alpha value is -0.530. The van der Waals surface area contributed by atoms with E-state index in [0.29, 0.717) is 0 Å². The molecule has 3 aliphatic rings. The number of ether oxygens (including phenoxy) is 1. The van der Waals surface area contributed by atoms with Crippen LogP contribution in [0.15, 0.2) is 0 Å². The highest BCUT2D eigenvalue weighted by Gasteiger charge is 2.54. The zero-order valence-electron chi connectivity index (χ0n) is 8.74. The van der Waals surface area contributed by atoms with E-state index >= 15 is 0 Å². The van der Waals surface area contributed by atoms with Gasteiger partial charge in [0.25, 0.3) is 0 Å². The standard InChI is InChI=1S/C12H18O2/c1-7(13)14-11-5-4-10-8-2-3-9(6-8)12(10)11/h8-12H,2-6H2,1H3/t8-,9+,10-,11-,12+/m0/s1. The van der Waals surface area contributed by atoms with Crippen molar-refractivity contribution in [2.45, 2.75) is 45.1 Å². The summed E-state index contributed by atoms with van der Waals surface area (Å²) in [6.07, 6.45) is 6.97. The zero-order chi connectivity index (χ0) is 9.71. The molecule has 78 valence electrons. The number of rotatable bonds is 1. The summed E-state index contributed by atoms with van der Waals surface area (Å²) < 4.78 is 5.44. The molecule has 5 atom stereocenters. The van der Waals surface area contributed by atoms with Crippen LogP contribution in [0.4, 0.5) is 0 Å². The maximum absolute atomic E-state index is 11.0. The van der Waals surface area contributed by atoms with Gasteiger partial charge in [0.1, 0.15) is 6.10 Å². The lowest BCUT2D eigenvalue weighted by Crippen LogP contribution is -2.28. The van der Waals surface area contributed by atoms with E-state index < -0.39 is 0 Å². The van der Waals surface area contributed by atoms with E-state index in [-0.39, 0.29) is 12.1 Å². The second-order valence-corrected chi connectivity index (χ2v) is 5.30. The SMILES string of the molecule is CC(=O)O[C@H]1CC[C@H]2[C@H]3CC[C@H](C3)[C@H]21. The van der Waals surface area contributed by atoms with Gasteiger partial charge in [-0.05, 0) is 49.9 Å². The van der Waals surface area contributed by atoms with Gasteiger partial charge in [0.2, 0.25) is 0 Å². The normalized spacial score (nSPS) is 49.4. The third kappa shape index (κ3) is 1.12. The first-order chi connectivity index (χ1) is 6.75. The van der Waals surface area contributed by atoms with Crippen molar-refractivity contribution in [3.8, 4) is 0 Å². The number of carbonyl (C=O) groups excluding carboxylic acids is 1. The number of hydrogen-bond donors (Lipinski definition) is 0. The van der Waals surface area contributed by atoms with Crippen LogP contribution in [0.2, 0.25) is 0 Å². The predicted molar refractivity (Wildman–Crippen MR) is 52.6 cm³/mol. The summed E-state index contributed by atoms with van der Waals surface area (Å²) >= 11 is 0. The Bertz CT molecular complexity index is 261. The van der Waals surface area contributed by atoms with E-state index in [1.165, 1.54) is 25.7 Å². The molecule has 2 bridgehead atoms. The van der Waals surface area contributed by atoms with Gasteiger partial charge in [-0.2, -0.15) is 0 Å². The van der Waals surface area contributed by atoms with Crippen molar-refractivity contribution >= 4 is 5.97 Å². The van der Waals surface area contributed by atoms with Crippen LogP contribution in [0.3, 0.4) is 0 Å². The average molecular weight is 194 g/mol. The molecule has 0 heterocycles. The molecule has 0 aliphatic heterocycles. The van der Waals surface area contributed by atoms with Gasteiger partial charge in [0.15, 0.2) is 0 Å². The summed E-state index contributed by atoms with van der Waals surface area (Å²) in [5.41, 5.74) is 0. The minimum absolute atomic E-state index is 0.0848. The Kier molecular flexibility index (Phi) is 1.86. The van der Waals surface area contributed by atoms with Crippen molar-refractivity contribution in [2.75, 3.05) is 0 Å². The molecule has 0 unspecified atom stereocenters. The van der Waals surface area contributed by atoms with Gasteiger partial charge in [-0.3, -0.25) is 4.79 Å². The quantitative estimate of drug-likeness (QED) is 0.599. The predicted octanol–water partition coefficient (Wildman–Crippen LogP) is 2.37. The summed E-state index contributed by atoms with van der Waals surface area (Å²) in [6, 6.07) is 0. The zero-order valence-corrected chi connectivity index (χ0v) is 8.74. The molecule has 0 aromatic rings. The van der Waals surface area contributed by atoms with Crippen molar-refractivity contribution in [2.24, 2.45) is 23.7 Å². The molecule has 14 heavy (non-hydrogen) atoms. The summed E-state index contributed by atoms with van der Waals surface area (Å²) in [4.78, 5) is 11.0. The largest absolute Gasteiger partial charge is 0.462 e. The Morgan fingerprint density at radius 1 is 1.14 bits per heavy atom. The molecule has 3 rings (SSSR count). The summed E-state index contributed by atoms with van der Waals surface area (Å²) in [5, 5.41) is 0. The molecule has 0 aromatic heterocycles. The van der Waals surface area contributed by atoms with E-state index in [0.717, 1.165) is 30.1 Å². The van der Waals surface area contributed by atoms with Crippen LogP contribution in [0, 0.1) is 23.7 Å². The molecule has 3 fully saturated rings.